The molecular weight excluding hydrogens is 134 g/mol. The first kappa shape index (κ1) is 8.38. The maximum Gasteiger partial charge on any atom is 0.0270 e. The lowest BCUT2D eigenvalue weighted by Crippen LogP contribution is -2.20. The number of hydrogen-bond donors (Lipinski definition) is 1. The van der Waals surface area contributed by atoms with Gasteiger partial charge in [0, 0.05) is 5.70 Å². The average molecular weight is 151 g/mol. The van der Waals surface area contributed by atoms with Crippen molar-refractivity contribution < 1.29 is 0 Å². The van der Waals surface area contributed by atoms with Crippen LogP contribution in [-0.2, 0) is 0 Å². The Kier molecular flexibility index (Phi) is 2.08. The van der Waals surface area contributed by atoms with Crippen LogP contribution in [0.1, 0.15) is 27.2 Å². The van der Waals surface area contributed by atoms with E-state index >= 15 is 0 Å². The number of allylic oxidation sites excluding steroid dienone is 3. The minimum atomic E-state index is 0.369. The van der Waals surface area contributed by atoms with E-state index in [1.54, 1.807) is 0 Å². The third-order valence-corrected chi connectivity index (χ3v) is 2.24. The summed E-state index contributed by atoms with van der Waals surface area (Å²) >= 11 is 0. The molecule has 1 heteroatoms. The zero-order chi connectivity index (χ0) is 8.48. The molecule has 0 aliphatic heterocycles. The highest BCUT2D eigenvalue weighted by Gasteiger charge is 2.22. The third kappa shape index (κ3) is 2.11. The van der Waals surface area contributed by atoms with Gasteiger partial charge in [-0.15, -0.1) is 0 Å². The van der Waals surface area contributed by atoms with Crippen LogP contribution in [0.5, 0.6) is 0 Å². The number of hydrogen-bond acceptors (Lipinski definition) is 1. The van der Waals surface area contributed by atoms with Gasteiger partial charge < -0.3 is 5.73 Å². The predicted octanol–water partition coefficient (Wildman–Crippen LogP) is 2.45. The molecule has 0 bridgehead atoms. The van der Waals surface area contributed by atoms with Crippen molar-refractivity contribution in [2.24, 2.45) is 17.1 Å². The van der Waals surface area contributed by atoms with Crippen LogP contribution in [-0.4, -0.2) is 0 Å². The van der Waals surface area contributed by atoms with E-state index in [0.29, 0.717) is 11.3 Å². The van der Waals surface area contributed by atoms with Crippen molar-refractivity contribution in [2.45, 2.75) is 27.2 Å². The van der Waals surface area contributed by atoms with E-state index in [9.17, 15) is 0 Å². The van der Waals surface area contributed by atoms with Crippen molar-refractivity contribution in [3.63, 3.8) is 0 Å². The summed E-state index contributed by atoms with van der Waals surface area (Å²) in [5.74, 6) is 0.648. The van der Waals surface area contributed by atoms with E-state index in [2.05, 4.69) is 32.9 Å². The molecule has 11 heavy (non-hydrogen) atoms. The highest BCUT2D eigenvalue weighted by atomic mass is 14.6. The Balaban J connectivity index is 2.63. The largest absolute Gasteiger partial charge is 0.399 e. The fourth-order valence-corrected chi connectivity index (χ4v) is 1.28. The lowest BCUT2D eigenvalue weighted by Gasteiger charge is -2.28. The Labute approximate surface area is 69.0 Å². The van der Waals surface area contributed by atoms with Crippen LogP contribution in [0.3, 0.4) is 0 Å². The molecule has 1 atom stereocenters. The van der Waals surface area contributed by atoms with E-state index in [-0.39, 0.29) is 0 Å². The smallest absolute Gasteiger partial charge is 0.0270 e. The van der Waals surface area contributed by atoms with Crippen molar-refractivity contribution >= 4 is 0 Å². The molecule has 0 aromatic carbocycles. The molecule has 0 saturated carbocycles. The quantitative estimate of drug-likeness (QED) is 0.565. The monoisotopic (exact) mass is 151 g/mol. The Morgan fingerprint density at radius 1 is 1.45 bits per heavy atom. The summed E-state index contributed by atoms with van der Waals surface area (Å²) in [4.78, 5) is 0. The Morgan fingerprint density at radius 2 is 2.09 bits per heavy atom. The predicted molar refractivity (Wildman–Crippen MR) is 49.0 cm³/mol. The van der Waals surface area contributed by atoms with E-state index in [1.807, 2.05) is 6.08 Å². The van der Waals surface area contributed by atoms with Gasteiger partial charge in [0.25, 0.3) is 0 Å². The molecule has 0 aromatic heterocycles. The highest BCUT2D eigenvalue weighted by molar-refractivity contribution is 5.21. The minimum absolute atomic E-state index is 0.369. The summed E-state index contributed by atoms with van der Waals surface area (Å²) < 4.78 is 0. The minimum Gasteiger partial charge on any atom is -0.399 e. The first-order chi connectivity index (χ1) is 5.00. The Morgan fingerprint density at radius 3 is 2.45 bits per heavy atom. The maximum absolute atomic E-state index is 5.61. The molecule has 1 nitrogen and oxygen atoms in total. The second-order valence-electron chi connectivity index (χ2n) is 4.27. The number of rotatable bonds is 0. The normalized spacial score (nSPS) is 25.0. The molecule has 0 heterocycles. The first-order valence-corrected chi connectivity index (χ1v) is 4.14. The van der Waals surface area contributed by atoms with Gasteiger partial charge in [-0.3, -0.25) is 0 Å². The van der Waals surface area contributed by atoms with Gasteiger partial charge in [0.1, 0.15) is 0 Å². The van der Waals surface area contributed by atoms with Crippen molar-refractivity contribution in [1.82, 2.24) is 0 Å². The van der Waals surface area contributed by atoms with Gasteiger partial charge in [-0.1, -0.05) is 32.9 Å². The molecule has 1 aliphatic rings. The Hall–Kier alpha value is -0.720. The molecular formula is C10H17N. The number of nitrogens with two attached hydrogens (primary N) is 1. The van der Waals surface area contributed by atoms with Crippen molar-refractivity contribution in [2.75, 3.05) is 0 Å². The van der Waals surface area contributed by atoms with Crippen LogP contribution in [0.4, 0.5) is 0 Å². The SMILES string of the molecule is CC(C)(C)C1C=CC(N)=CC1. The zero-order valence-electron chi connectivity index (χ0n) is 7.59. The zero-order valence-corrected chi connectivity index (χ0v) is 7.59. The summed E-state index contributed by atoms with van der Waals surface area (Å²) in [5, 5.41) is 0. The van der Waals surface area contributed by atoms with Crippen molar-refractivity contribution in [3.8, 4) is 0 Å². The topological polar surface area (TPSA) is 26.0 Å². The fourth-order valence-electron chi connectivity index (χ4n) is 1.28. The summed E-state index contributed by atoms with van der Waals surface area (Å²) in [7, 11) is 0. The fraction of sp³-hybridized carbons (Fsp3) is 0.600. The molecule has 2 N–H and O–H groups in total. The van der Waals surface area contributed by atoms with Gasteiger partial charge in [0.15, 0.2) is 0 Å². The summed E-state index contributed by atoms with van der Waals surface area (Å²) in [6.07, 6.45) is 7.43. The second kappa shape index (κ2) is 2.72. The van der Waals surface area contributed by atoms with Crippen LogP contribution in [0, 0.1) is 11.3 Å². The molecule has 1 rings (SSSR count). The molecule has 0 aromatic rings. The van der Waals surface area contributed by atoms with Gasteiger partial charge in [0.2, 0.25) is 0 Å². The van der Waals surface area contributed by atoms with E-state index in [0.717, 1.165) is 12.1 Å². The van der Waals surface area contributed by atoms with Crippen LogP contribution < -0.4 is 5.73 Å². The van der Waals surface area contributed by atoms with Crippen LogP contribution in [0.2, 0.25) is 0 Å². The van der Waals surface area contributed by atoms with Gasteiger partial charge in [-0.05, 0) is 23.8 Å². The molecule has 0 spiro atoms. The Bertz CT molecular complexity index is 193. The van der Waals surface area contributed by atoms with Gasteiger partial charge in [-0.2, -0.15) is 0 Å². The van der Waals surface area contributed by atoms with E-state index < -0.39 is 0 Å². The maximum atomic E-state index is 5.61. The lowest BCUT2D eigenvalue weighted by molar-refractivity contribution is 0.293. The molecule has 1 unspecified atom stereocenters. The van der Waals surface area contributed by atoms with Crippen molar-refractivity contribution in [3.05, 3.63) is 23.9 Å². The first-order valence-electron chi connectivity index (χ1n) is 4.14. The van der Waals surface area contributed by atoms with E-state index in [1.165, 1.54) is 0 Å². The van der Waals surface area contributed by atoms with Crippen molar-refractivity contribution in [1.29, 1.82) is 0 Å². The lowest BCUT2D eigenvalue weighted by atomic mass is 9.77. The van der Waals surface area contributed by atoms with Crippen LogP contribution in [0.25, 0.3) is 0 Å². The summed E-state index contributed by atoms with van der Waals surface area (Å²) in [6.45, 7) is 6.78. The van der Waals surface area contributed by atoms with Crippen LogP contribution >= 0.6 is 0 Å². The standard InChI is InChI=1S/C10H17N/c1-10(2,3)8-4-6-9(11)7-5-8/h4,6-8H,5,11H2,1-3H3. The highest BCUT2D eigenvalue weighted by Crippen LogP contribution is 2.32. The third-order valence-electron chi connectivity index (χ3n) is 2.24. The van der Waals surface area contributed by atoms with Gasteiger partial charge in [0.05, 0.1) is 0 Å². The van der Waals surface area contributed by atoms with E-state index in [4.69, 9.17) is 5.73 Å². The average Bonchev–Trinajstić information content (AvgIpc) is 1.86. The molecule has 62 valence electrons. The molecule has 0 radical (unpaired) electrons. The second-order valence-corrected chi connectivity index (χ2v) is 4.27. The molecule has 1 aliphatic carbocycles. The van der Waals surface area contributed by atoms with Gasteiger partial charge >= 0.3 is 0 Å². The molecule has 0 fully saturated rings. The van der Waals surface area contributed by atoms with Crippen LogP contribution in [0.15, 0.2) is 23.9 Å². The molecule has 0 saturated heterocycles. The molecule has 0 amide bonds. The van der Waals surface area contributed by atoms with Gasteiger partial charge in [-0.25, -0.2) is 0 Å². The summed E-state index contributed by atoms with van der Waals surface area (Å²) in [5.41, 5.74) is 6.89. The summed E-state index contributed by atoms with van der Waals surface area (Å²) in [6, 6.07) is 0.